The van der Waals surface area contributed by atoms with Crippen molar-refractivity contribution >= 4 is 34.7 Å². The van der Waals surface area contributed by atoms with Crippen LogP contribution < -0.4 is 5.30 Å². The van der Waals surface area contributed by atoms with Crippen LogP contribution in [0.3, 0.4) is 0 Å². The van der Waals surface area contributed by atoms with Crippen molar-refractivity contribution in [2.45, 2.75) is 13.3 Å². The Morgan fingerprint density at radius 3 is 2.23 bits per heavy atom. The number of hydrogen-bond donors (Lipinski definition) is 2. The summed E-state index contributed by atoms with van der Waals surface area (Å²) in [7, 11) is -4.25. The monoisotopic (exact) mass is 427 g/mol. The summed E-state index contributed by atoms with van der Waals surface area (Å²) >= 11 is 0. The van der Waals surface area contributed by atoms with Gasteiger partial charge in [-0.1, -0.05) is 61.5 Å². The van der Waals surface area contributed by atoms with Crippen LogP contribution in [0, 0.1) is 0 Å². The van der Waals surface area contributed by atoms with E-state index >= 15 is 0 Å². The number of nitrogens with zero attached hydrogens (tertiary/aromatic N) is 1. The second-order valence-corrected chi connectivity index (χ2v) is 9.30. The van der Waals surface area contributed by atoms with Crippen LogP contribution >= 0.6 is 7.60 Å². The average Bonchev–Trinajstić information content (AvgIpc) is 3.12. The van der Waals surface area contributed by atoms with Gasteiger partial charge in [0.05, 0.1) is 16.3 Å². The van der Waals surface area contributed by atoms with Gasteiger partial charge in [0.25, 0.3) is 0 Å². The molecule has 2 N–H and O–H groups in total. The van der Waals surface area contributed by atoms with E-state index in [4.69, 9.17) is 0 Å². The summed E-state index contributed by atoms with van der Waals surface area (Å²) in [5.74, 6) is 0. The predicted octanol–water partition coefficient (Wildman–Crippen LogP) is 5.82. The fourth-order valence-corrected chi connectivity index (χ4v) is 4.72. The molecule has 1 heterocycles. The van der Waals surface area contributed by atoms with Gasteiger partial charge in [-0.15, -0.1) is 0 Å². The second kappa shape index (κ2) is 7.51. The van der Waals surface area contributed by atoms with E-state index < -0.39 is 7.60 Å². The highest BCUT2D eigenvalue weighted by molar-refractivity contribution is 7.60. The van der Waals surface area contributed by atoms with Gasteiger partial charge >= 0.3 is 7.60 Å². The molecule has 4 nitrogen and oxygen atoms in total. The van der Waals surface area contributed by atoms with Crippen LogP contribution in [0.15, 0.2) is 91.0 Å². The largest absolute Gasteiger partial charge is 0.356 e. The van der Waals surface area contributed by atoms with Crippen LogP contribution in [0.1, 0.15) is 12.5 Å². The molecule has 0 fully saturated rings. The Hall–Kier alpha value is -3.17. The van der Waals surface area contributed by atoms with Crippen molar-refractivity contribution in [2.24, 2.45) is 0 Å². The summed E-state index contributed by atoms with van der Waals surface area (Å²) in [6.45, 7) is 2.16. The van der Waals surface area contributed by atoms with E-state index in [1.165, 1.54) is 34.0 Å². The van der Waals surface area contributed by atoms with Gasteiger partial charge in [-0.05, 0) is 59.5 Å². The molecule has 154 valence electrons. The van der Waals surface area contributed by atoms with Crippen molar-refractivity contribution in [1.29, 1.82) is 0 Å². The molecule has 1 aromatic heterocycles. The number of fused-ring (bicyclic) bond motifs is 3. The molecule has 0 amide bonds. The lowest BCUT2D eigenvalue weighted by Gasteiger charge is -2.11. The van der Waals surface area contributed by atoms with Crippen LogP contribution in [0.4, 0.5) is 0 Å². The summed E-state index contributed by atoms with van der Waals surface area (Å²) in [4.78, 5) is 18.7. The number of para-hydroxylation sites is 1. The van der Waals surface area contributed by atoms with Gasteiger partial charge in [0.2, 0.25) is 0 Å². The smallest absolute Gasteiger partial charge is 0.321 e. The highest BCUT2D eigenvalue weighted by atomic mass is 31.2. The summed E-state index contributed by atoms with van der Waals surface area (Å²) in [5.41, 5.74) is 6.58. The number of hydrogen-bond acceptors (Lipinski definition) is 1. The van der Waals surface area contributed by atoms with Crippen LogP contribution in [-0.2, 0) is 11.0 Å². The maximum atomic E-state index is 11.5. The molecular weight excluding hydrogens is 405 g/mol. The lowest BCUT2D eigenvalue weighted by atomic mass is 10.1. The average molecular weight is 427 g/mol. The van der Waals surface area contributed by atoms with Gasteiger partial charge in [-0.3, -0.25) is 4.57 Å². The Bertz CT molecular complexity index is 1460. The van der Waals surface area contributed by atoms with E-state index in [0.717, 1.165) is 28.8 Å². The molecular formula is C26H22NO3P. The minimum absolute atomic E-state index is 0.0295. The van der Waals surface area contributed by atoms with Crippen molar-refractivity contribution in [2.75, 3.05) is 0 Å². The molecule has 5 aromatic rings. The molecule has 5 heteroatoms. The molecule has 0 unspecified atom stereocenters. The quantitative estimate of drug-likeness (QED) is 0.356. The van der Waals surface area contributed by atoms with E-state index in [-0.39, 0.29) is 5.30 Å². The highest BCUT2D eigenvalue weighted by Crippen LogP contribution is 2.35. The van der Waals surface area contributed by atoms with Crippen LogP contribution in [-0.4, -0.2) is 14.4 Å². The third kappa shape index (κ3) is 3.49. The van der Waals surface area contributed by atoms with Gasteiger partial charge < -0.3 is 14.4 Å². The molecule has 0 radical (unpaired) electrons. The van der Waals surface area contributed by atoms with Gasteiger partial charge in [0, 0.05) is 16.5 Å². The standard InChI is InChI=1S/C26H22NO3P/c1-2-18-10-15-24-23-8-3-4-9-25(23)27(26(24)16-18)21-7-5-6-20(17-21)19-11-13-22(14-12-19)31(28,29)30/h3-17H,2H2,1H3,(H2,28,29,30). The zero-order valence-electron chi connectivity index (χ0n) is 17.1. The Kier molecular flexibility index (Phi) is 4.79. The van der Waals surface area contributed by atoms with Crippen molar-refractivity contribution in [3.8, 4) is 16.8 Å². The molecule has 0 aliphatic heterocycles. The topological polar surface area (TPSA) is 62.5 Å². The Balaban J connectivity index is 1.70. The van der Waals surface area contributed by atoms with E-state index in [9.17, 15) is 14.4 Å². The van der Waals surface area contributed by atoms with Crippen LogP contribution in [0.5, 0.6) is 0 Å². The maximum Gasteiger partial charge on any atom is 0.356 e. The molecule has 0 spiro atoms. The van der Waals surface area contributed by atoms with Crippen molar-refractivity contribution < 1.29 is 14.4 Å². The van der Waals surface area contributed by atoms with E-state index in [0.29, 0.717) is 0 Å². The van der Waals surface area contributed by atoms with Gasteiger partial charge in [0.1, 0.15) is 0 Å². The molecule has 31 heavy (non-hydrogen) atoms. The van der Waals surface area contributed by atoms with Gasteiger partial charge in [0.15, 0.2) is 0 Å². The third-order valence-electron chi connectivity index (χ3n) is 5.79. The molecule has 0 saturated carbocycles. The number of aromatic nitrogens is 1. The zero-order chi connectivity index (χ0) is 21.6. The molecule has 0 saturated heterocycles. The Morgan fingerprint density at radius 2 is 1.48 bits per heavy atom. The van der Waals surface area contributed by atoms with E-state index in [1.54, 1.807) is 12.1 Å². The van der Waals surface area contributed by atoms with Crippen molar-refractivity contribution in [3.05, 3.63) is 96.6 Å². The minimum atomic E-state index is -4.25. The first-order valence-corrected chi connectivity index (χ1v) is 11.9. The maximum absolute atomic E-state index is 11.5. The number of benzene rings is 4. The molecule has 5 rings (SSSR count). The first kappa shape index (κ1) is 19.8. The lowest BCUT2D eigenvalue weighted by Crippen LogP contribution is -2.02. The molecule has 4 aromatic carbocycles. The van der Waals surface area contributed by atoms with Gasteiger partial charge in [-0.25, -0.2) is 0 Å². The fourth-order valence-electron chi connectivity index (χ4n) is 4.19. The van der Waals surface area contributed by atoms with Gasteiger partial charge in [-0.2, -0.15) is 0 Å². The SMILES string of the molecule is CCc1ccc2c3ccccc3n(-c3cccc(-c4ccc(P(=O)(O)O)cc4)c3)c2c1. The third-order valence-corrected chi connectivity index (χ3v) is 6.76. The Labute approximate surface area is 180 Å². The summed E-state index contributed by atoms with van der Waals surface area (Å²) in [6.07, 6.45) is 0.976. The Morgan fingerprint density at radius 1 is 0.742 bits per heavy atom. The fraction of sp³-hybridized carbons (Fsp3) is 0.0769. The molecule has 0 aliphatic carbocycles. The summed E-state index contributed by atoms with van der Waals surface area (Å²) < 4.78 is 13.8. The molecule has 0 atom stereocenters. The van der Waals surface area contributed by atoms with E-state index in [2.05, 4.69) is 66.1 Å². The number of aryl methyl sites for hydroxylation is 1. The summed E-state index contributed by atoms with van der Waals surface area (Å²) in [6, 6.07) is 29.8. The minimum Gasteiger partial charge on any atom is -0.321 e. The zero-order valence-corrected chi connectivity index (χ0v) is 18.0. The normalized spacial score (nSPS) is 12.0. The van der Waals surface area contributed by atoms with Crippen molar-refractivity contribution in [3.63, 3.8) is 0 Å². The lowest BCUT2D eigenvalue weighted by molar-refractivity contribution is 0.387. The highest BCUT2D eigenvalue weighted by Gasteiger charge is 2.17. The predicted molar refractivity (Wildman–Crippen MR) is 127 cm³/mol. The van der Waals surface area contributed by atoms with Crippen LogP contribution in [0.2, 0.25) is 0 Å². The van der Waals surface area contributed by atoms with Crippen LogP contribution in [0.25, 0.3) is 38.6 Å². The summed E-state index contributed by atoms with van der Waals surface area (Å²) in [5, 5.41) is 2.47. The molecule has 0 bridgehead atoms. The van der Waals surface area contributed by atoms with E-state index in [1.807, 2.05) is 12.1 Å². The molecule has 0 aliphatic rings. The van der Waals surface area contributed by atoms with Crippen molar-refractivity contribution in [1.82, 2.24) is 4.57 Å². The second-order valence-electron chi connectivity index (χ2n) is 7.70. The first-order valence-electron chi connectivity index (χ1n) is 10.2. The number of rotatable bonds is 4. The first-order chi connectivity index (χ1) is 15.0.